The van der Waals surface area contributed by atoms with Gasteiger partial charge in [-0.3, -0.25) is 0 Å². The lowest BCUT2D eigenvalue weighted by Gasteiger charge is -2.13. The zero-order valence-electron chi connectivity index (χ0n) is 11.5. The van der Waals surface area contributed by atoms with Gasteiger partial charge in [-0.2, -0.15) is 5.26 Å². The number of carbonyl (C=O) groups excluding carboxylic acids is 1. The van der Waals surface area contributed by atoms with Gasteiger partial charge in [0.15, 0.2) is 0 Å². The van der Waals surface area contributed by atoms with Gasteiger partial charge in [0.2, 0.25) is 0 Å². The van der Waals surface area contributed by atoms with Crippen LogP contribution in [0.25, 0.3) is 0 Å². The molecule has 2 aromatic carbocycles. The molecule has 4 nitrogen and oxygen atoms in total. The molecule has 0 fully saturated rings. The van der Waals surface area contributed by atoms with E-state index in [2.05, 4.69) is 28.8 Å². The maximum Gasteiger partial charge on any atom is 0.319 e. The summed E-state index contributed by atoms with van der Waals surface area (Å²) in [7, 11) is 0. The quantitative estimate of drug-likeness (QED) is 0.886. The van der Waals surface area contributed by atoms with Crippen molar-refractivity contribution < 1.29 is 4.79 Å². The van der Waals surface area contributed by atoms with Gasteiger partial charge >= 0.3 is 6.03 Å². The lowest BCUT2D eigenvalue weighted by atomic mass is 10.1. The molecule has 2 amide bonds. The molecule has 0 atom stereocenters. The van der Waals surface area contributed by atoms with E-state index in [0.29, 0.717) is 11.3 Å². The van der Waals surface area contributed by atoms with Gasteiger partial charge in [0, 0.05) is 11.7 Å². The number of nitrogens with zero attached hydrogens (tertiary/aromatic N) is 1. The molecule has 0 heterocycles. The summed E-state index contributed by atoms with van der Waals surface area (Å²) in [6.07, 6.45) is 1.73. The van der Waals surface area contributed by atoms with Crippen LogP contribution in [0.4, 0.5) is 10.5 Å². The van der Waals surface area contributed by atoms with Crippen LogP contribution in [-0.4, -0.2) is 12.1 Å². The molecule has 3 rings (SSSR count). The number of amides is 2. The lowest BCUT2D eigenvalue weighted by molar-refractivity contribution is 0.249. The van der Waals surface area contributed by atoms with Crippen molar-refractivity contribution in [2.24, 2.45) is 0 Å². The number of hydrogen-bond acceptors (Lipinski definition) is 2. The highest BCUT2D eigenvalue weighted by molar-refractivity contribution is 5.89. The predicted molar refractivity (Wildman–Crippen MR) is 80.9 cm³/mol. The number of anilines is 1. The van der Waals surface area contributed by atoms with Crippen LogP contribution in [0.15, 0.2) is 48.5 Å². The smallest absolute Gasteiger partial charge is 0.319 e. The Balaban J connectivity index is 1.59. The maximum absolute atomic E-state index is 12.0. The number of benzene rings is 2. The van der Waals surface area contributed by atoms with E-state index >= 15 is 0 Å². The highest BCUT2D eigenvalue weighted by Crippen LogP contribution is 2.21. The Morgan fingerprint density at radius 1 is 1.10 bits per heavy atom. The van der Waals surface area contributed by atoms with Crippen molar-refractivity contribution in [1.29, 1.82) is 5.26 Å². The van der Waals surface area contributed by atoms with Crippen LogP contribution in [0.1, 0.15) is 16.7 Å². The topological polar surface area (TPSA) is 64.9 Å². The standard InChI is InChI=1S/C17H15N3O/c18-11-12-4-3-7-15(8-12)19-17(21)20-16-9-13-5-1-2-6-14(13)10-16/h1-8,16H,9-10H2,(H2,19,20,21). The van der Waals surface area contributed by atoms with Gasteiger partial charge in [0.25, 0.3) is 0 Å². The monoisotopic (exact) mass is 277 g/mol. The van der Waals surface area contributed by atoms with Crippen molar-refractivity contribution in [3.8, 4) is 6.07 Å². The summed E-state index contributed by atoms with van der Waals surface area (Å²) < 4.78 is 0. The Bertz CT molecular complexity index is 693. The minimum absolute atomic E-state index is 0.126. The van der Waals surface area contributed by atoms with E-state index in [9.17, 15) is 4.79 Å². The van der Waals surface area contributed by atoms with E-state index in [1.165, 1.54) is 11.1 Å². The normalized spacial score (nSPS) is 13.3. The zero-order chi connectivity index (χ0) is 14.7. The van der Waals surface area contributed by atoms with Gasteiger partial charge in [-0.05, 0) is 42.2 Å². The SMILES string of the molecule is N#Cc1cccc(NC(=O)NC2Cc3ccccc3C2)c1. The number of nitrogens with one attached hydrogen (secondary N) is 2. The van der Waals surface area contributed by atoms with Crippen LogP contribution >= 0.6 is 0 Å². The van der Waals surface area contributed by atoms with Crippen LogP contribution in [-0.2, 0) is 12.8 Å². The van der Waals surface area contributed by atoms with Crippen molar-refractivity contribution in [3.63, 3.8) is 0 Å². The summed E-state index contributed by atoms with van der Waals surface area (Å²) in [5.41, 5.74) is 3.76. The second kappa shape index (κ2) is 5.68. The summed E-state index contributed by atoms with van der Waals surface area (Å²) in [5, 5.41) is 14.6. The van der Waals surface area contributed by atoms with Crippen LogP contribution in [0, 0.1) is 11.3 Å². The third kappa shape index (κ3) is 3.03. The number of fused-ring (bicyclic) bond motifs is 1. The van der Waals surface area contributed by atoms with E-state index in [1.807, 2.05) is 12.1 Å². The lowest BCUT2D eigenvalue weighted by Crippen LogP contribution is -2.38. The number of nitriles is 1. The first-order valence-electron chi connectivity index (χ1n) is 6.89. The Kier molecular flexibility index (Phi) is 3.57. The molecule has 2 aromatic rings. The minimum Gasteiger partial charge on any atom is -0.334 e. The van der Waals surface area contributed by atoms with Gasteiger partial charge in [-0.25, -0.2) is 4.79 Å². The molecule has 104 valence electrons. The van der Waals surface area contributed by atoms with Crippen LogP contribution in [0.5, 0.6) is 0 Å². The molecule has 1 aliphatic carbocycles. The fraction of sp³-hybridized carbons (Fsp3) is 0.176. The predicted octanol–water partition coefficient (Wildman–Crippen LogP) is 2.85. The van der Waals surface area contributed by atoms with Crippen LogP contribution < -0.4 is 10.6 Å². The number of hydrogen-bond donors (Lipinski definition) is 2. The van der Waals surface area contributed by atoms with E-state index in [4.69, 9.17) is 5.26 Å². The highest BCUT2D eigenvalue weighted by atomic mass is 16.2. The molecular formula is C17H15N3O. The van der Waals surface area contributed by atoms with Crippen molar-refractivity contribution in [2.45, 2.75) is 18.9 Å². The molecule has 0 bridgehead atoms. The fourth-order valence-corrected chi connectivity index (χ4v) is 2.68. The third-order valence-corrected chi connectivity index (χ3v) is 3.64. The molecule has 0 aromatic heterocycles. The zero-order valence-corrected chi connectivity index (χ0v) is 11.5. The molecule has 2 N–H and O–H groups in total. The average molecular weight is 277 g/mol. The number of urea groups is 1. The van der Waals surface area contributed by atoms with E-state index < -0.39 is 0 Å². The molecule has 0 saturated carbocycles. The summed E-state index contributed by atoms with van der Waals surface area (Å²) >= 11 is 0. The molecule has 0 unspecified atom stereocenters. The minimum atomic E-state index is -0.233. The summed E-state index contributed by atoms with van der Waals surface area (Å²) in [4.78, 5) is 12.0. The van der Waals surface area contributed by atoms with E-state index in [1.54, 1.807) is 24.3 Å². The third-order valence-electron chi connectivity index (χ3n) is 3.64. The van der Waals surface area contributed by atoms with Gasteiger partial charge in [0.1, 0.15) is 0 Å². The molecule has 0 spiro atoms. The Morgan fingerprint density at radius 2 is 1.81 bits per heavy atom. The molecule has 0 aliphatic heterocycles. The van der Waals surface area contributed by atoms with Crippen molar-refractivity contribution >= 4 is 11.7 Å². The van der Waals surface area contributed by atoms with Gasteiger partial charge in [-0.1, -0.05) is 30.3 Å². The Morgan fingerprint density at radius 3 is 2.48 bits per heavy atom. The summed E-state index contributed by atoms with van der Waals surface area (Å²) in [6, 6.07) is 17.1. The maximum atomic E-state index is 12.0. The van der Waals surface area contributed by atoms with Crippen LogP contribution in [0.3, 0.4) is 0 Å². The average Bonchev–Trinajstić information content (AvgIpc) is 2.89. The van der Waals surface area contributed by atoms with Crippen LogP contribution in [0.2, 0.25) is 0 Å². The molecule has 0 radical (unpaired) electrons. The molecule has 21 heavy (non-hydrogen) atoms. The summed E-state index contributed by atoms with van der Waals surface area (Å²) in [5.74, 6) is 0. The van der Waals surface area contributed by atoms with Gasteiger partial charge in [0.05, 0.1) is 11.6 Å². The van der Waals surface area contributed by atoms with Crippen molar-refractivity contribution in [3.05, 3.63) is 65.2 Å². The molecule has 0 saturated heterocycles. The van der Waals surface area contributed by atoms with Gasteiger partial charge < -0.3 is 10.6 Å². The first-order chi connectivity index (χ1) is 10.2. The number of rotatable bonds is 2. The Labute approximate surface area is 123 Å². The summed E-state index contributed by atoms with van der Waals surface area (Å²) in [6.45, 7) is 0. The first-order valence-corrected chi connectivity index (χ1v) is 6.89. The van der Waals surface area contributed by atoms with E-state index in [0.717, 1.165) is 12.8 Å². The largest absolute Gasteiger partial charge is 0.334 e. The molecular weight excluding hydrogens is 262 g/mol. The molecule has 1 aliphatic rings. The highest BCUT2D eigenvalue weighted by Gasteiger charge is 2.22. The second-order valence-corrected chi connectivity index (χ2v) is 5.16. The fourth-order valence-electron chi connectivity index (χ4n) is 2.68. The molecule has 4 heteroatoms. The number of carbonyl (C=O) groups is 1. The second-order valence-electron chi connectivity index (χ2n) is 5.16. The van der Waals surface area contributed by atoms with E-state index in [-0.39, 0.29) is 12.1 Å². The van der Waals surface area contributed by atoms with Crippen molar-refractivity contribution in [1.82, 2.24) is 5.32 Å². The van der Waals surface area contributed by atoms with Gasteiger partial charge in [-0.15, -0.1) is 0 Å². The first kappa shape index (κ1) is 13.2. The Hall–Kier alpha value is -2.80. The van der Waals surface area contributed by atoms with Crippen molar-refractivity contribution in [2.75, 3.05) is 5.32 Å².